The number of para-hydroxylation sites is 2. The lowest BCUT2D eigenvalue weighted by Crippen LogP contribution is -1.95. The monoisotopic (exact) mass is 750 g/mol. The molecule has 0 fully saturated rings. The van der Waals surface area contributed by atoms with Crippen molar-refractivity contribution < 1.29 is 4.42 Å². The van der Waals surface area contributed by atoms with Crippen LogP contribution in [0.3, 0.4) is 0 Å². The highest BCUT2D eigenvalue weighted by molar-refractivity contribution is 6.17. The van der Waals surface area contributed by atoms with E-state index in [-0.39, 0.29) is 0 Å². The predicted molar refractivity (Wildman–Crippen MR) is 248 cm³/mol. The maximum absolute atomic E-state index is 6.44. The molecule has 0 aliphatic heterocycles. The van der Waals surface area contributed by atoms with Crippen molar-refractivity contribution >= 4 is 87.1 Å². The summed E-state index contributed by atoms with van der Waals surface area (Å²) in [5.74, 6) is 0. The average molecular weight is 751 g/mol. The van der Waals surface area contributed by atoms with Gasteiger partial charge in [-0.3, -0.25) is 0 Å². The maximum Gasteiger partial charge on any atom is 0.135 e. The van der Waals surface area contributed by atoms with Crippen molar-refractivity contribution in [3.05, 3.63) is 206 Å². The summed E-state index contributed by atoms with van der Waals surface area (Å²) in [4.78, 5) is 0. The van der Waals surface area contributed by atoms with Gasteiger partial charge in [0.1, 0.15) is 11.2 Å². The van der Waals surface area contributed by atoms with E-state index in [1.165, 1.54) is 76.4 Å². The fourth-order valence-corrected chi connectivity index (χ4v) is 9.80. The third-order valence-corrected chi connectivity index (χ3v) is 12.5. The lowest BCUT2D eigenvalue weighted by atomic mass is 9.92. The molecule has 3 heteroatoms. The van der Waals surface area contributed by atoms with E-state index in [0.717, 1.165) is 44.3 Å². The Labute approximate surface area is 339 Å². The summed E-state index contributed by atoms with van der Waals surface area (Å²) in [6, 6.07) is 75.2. The third-order valence-electron chi connectivity index (χ3n) is 12.5. The minimum Gasteiger partial charge on any atom is -0.456 e. The van der Waals surface area contributed by atoms with Gasteiger partial charge >= 0.3 is 0 Å². The predicted octanol–water partition coefficient (Wildman–Crippen LogP) is 15.4. The summed E-state index contributed by atoms with van der Waals surface area (Å²) < 4.78 is 11.3. The molecule has 0 aliphatic carbocycles. The van der Waals surface area contributed by atoms with Crippen molar-refractivity contribution in [1.29, 1.82) is 0 Å². The van der Waals surface area contributed by atoms with Crippen molar-refractivity contribution in [3.63, 3.8) is 0 Å². The number of rotatable bonds is 4. The first-order valence-corrected chi connectivity index (χ1v) is 20.2. The summed E-state index contributed by atoms with van der Waals surface area (Å²) in [6.45, 7) is 0. The molecule has 59 heavy (non-hydrogen) atoms. The molecule has 3 heterocycles. The van der Waals surface area contributed by atoms with Gasteiger partial charge in [-0.2, -0.15) is 0 Å². The van der Waals surface area contributed by atoms with Gasteiger partial charge in [0.2, 0.25) is 0 Å². The van der Waals surface area contributed by atoms with Crippen LogP contribution in [0.1, 0.15) is 0 Å². The number of hydrogen-bond acceptors (Lipinski definition) is 1. The van der Waals surface area contributed by atoms with Gasteiger partial charge in [-0.25, -0.2) is 0 Å². The molecule has 0 spiro atoms. The molecular weight excluding hydrogens is 717 g/mol. The van der Waals surface area contributed by atoms with E-state index in [1.54, 1.807) is 0 Å². The third kappa shape index (κ3) is 4.76. The van der Waals surface area contributed by atoms with Crippen LogP contribution in [-0.4, -0.2) is 9.13 Å². The van der Waals surface area contributed by atoms with Crippen molar-refractivity contribution in [2.24, 2.45) is 0 Å². The number of fused-ring (bicyclic) bond motifs is 12. The van der Waals surface area contributed by atoms with Crippen LogP contribution in [0.15, 0.2) is 211 Å². The Morgan fingerprint density at radius 2 is 0.763 bits per heavy atom. The fourth-order valence-electron chi connectivity index (χ4n) is 9.80. The van der Waals surface area contributed by atoms with Gasteiger partial charge in [0.15, 0.2) is 0 Å². The van der Waals surface area contributed by atoms with Gasteiger partial charge in [0.05, 0.1) is 22.1 Å². The molecule has 0 atom stereocenters. The molecule has 274 valence electrons. The standard InChI is InChI=1S/C56H34N2O/c1-2-12-35(13-3-1)36-23-28-55-49(30-36)50-34-40(25-29-56(50)59-55)58-53-26-22-38(46-31-37-14-4-5-15-41(37)42-16-6-7-17-43(42)46)32-47(53)48-33-39(24-27-54(48)58)57-51-20-10-8-18-44(51)45-19-9-11-21-52(45)57/h1-34H. The lowest BCUT2D eigenvalue weighted by molar-refractivity contribution is 0.669. The Morgan fingerprint density at radius 1 is 0.271 bits per heavy atom. The van der Waals surface area contributed by atoms with E-state index in [9.17, 15) is 0 Å². The normalized spacial score (nSPS) is 12.1. The van der Waals surface area contributed by atoms with Gasteiger partial charge < -0.3 is 13.6 Å². The molecule has 0 unspecified atom stereocenters. The zero-order valence-electron chi connectivity index (χ0n) is 31.9. The minimum absolute atomic E-state index is 0.883. The van der Waals surface area contributed by atoms with E-state index < -0.39 is 0 Å². The highest BCUT2D eigenvalue weighted by Gasteiger charge is 2.19. The van der Waals surface area contributed by atoms with E-state index in [0.29, 0.717) is 0 Å². The number of nitrogens with zero attached hydrogens (tertiary/aromatic N) is 2. The molecule has 0 N–H and O–H groups in total. The molecule has 13 aromatic rings. The van der Waals surface area contributed by atoms with Crippen LogP contribution in [0, 0.1) is 0 Å². The second-order valence-corrected chi connectivity index (χ2v) is 15.7. The second-order valence-electron chi connectivity index (χ2n) is 15.7. The van der Waals surface area contributed by atoms with Gasteiger partial charge in [-0.1, -0.05) is 127 Å². The molecule has 0 bridgehead atoms. The summed E-state index contributed by atoms with van der Waals surface area (Å²) in [5, 5.41) is 12.2. The number of benzene rings is 10. The first-order valence-electron chi connectivity index (χ1n) is 20.2. The Bertz CT molecular complexity index is 3790. The zero-order valence-corrected chi connectivity index (χ0v) is 31.9. The molecule has 13 rings (SSSR count). The SMILES string of the molecule is c1ccc(-c2ccc3oc4ccc(-n5c6ccc(-c7cc8ccccc8c8ccccc78)cc6c6cc(-n7c8ccccc8c8ccccc87)ccc65)cc4c3c2)cc1. The van der Waals surface area contributed by atoms with Gasteiger partial charge in [-0.15, -0.1) is 0 Å². The Morgan fingerprint density at radius 3 is 1.51 bits per heavy atom. The fraction of sp³-hybridized carbons (Fsp3) is 0. The van der Waals surface area contributed by atoms with Crippen molar-refractivity contribution in [1.82, 2.24) is 9.13 Å². The topological polar surface area (TPSA) is 23.0 Å². The van der Waals surface area contributed by atoms with Crippen molar-refractivity contribution in [3.8, 4) is 33.6 Å². The molecule has 3 aromatic heterocycles. The van der Waals surface area contributed by atoms with Crippen LogP contribution in [0.4, 0.5) is 0 Å². The summed E-state index contributed by atoms with van der Waals surface area (Å²) in [7, 11) is 0. The van der Waals surface area contributed by atoms with Gasteiger partial charge in [-0.05, 0) is 123 Å². The van der Waals surface area contributed by atoms with Crippen LogP contribution < -0.4 is 0 Å². The minimum atomic E-state index is 0.883. The Kier molecular flexibility index (Phi) is 6.72. The van der Waals surface area contributed by atoms with E-state index >= 15 is 0 Å². The van der Waals surface area contributed by atoms with Gasteiger partial charge in [0, 0.05) is 43.7 Å². The van der Waals surface area contributed by atoms with Crippen LogP contribution in [0.5, 0.6) is 0 Å². The highest BCUT2D eigenvalue weighted by Crippen LogP contribution is 2.42. The van der Waals surface area contributed by atoms with Crippen LogP contribution >= 0.6 is 0 Å². The number of furan rings is 1. The van der Waals surface area contributed by atoms with E-state index in [2.05, 4.69) is 215 Å². The molecule has 0 amide bonds. The molecule has 10 aromatic carbocycles. The smallest absolute Gasteiger partial charge is 0.135 e. The molecule has 0 radical (unpaired) electrons. The van der Waals surface area contributed by atoms with Crippen molar-refractivity contribution in [2.45, 2.75) is 0 Å². The van der Waals surface area contributed by atoms with Crippen LogP contribution in [0.2, 0.25) is 0 Å². The molecule has 0 aliphatic rings. The summed E-state index contributed by atoms with van der Waals surface area (Å²) >= 11 is 0. The summed E-state index contributed by atoms with van der Waals surface area (Å²) in [5.41, 5.74) is 13.5. The van der Waals surface area contributed by atoms with E-state index in [4.69, 9.17) is 4.42 Å². The Balaban J connectivity index is 1.09. The van der Waals surface area contributed by atoms with Crippen molar-refractivity contribution in [2.75, 3.05) is 0 Å². The quantitative estimate of drug-likeness (QED) is 0.164. The molecule has 0 saturated carbocycles. The largest absolute Gasteiger partial charge is 0.456 e. The maximum atomic E-state index is 6.44. The zero-order chi connectivity index (χ0) is 38.6. The van der Waals surface area contributed by atoms with E-state index in [1.807, 2.05) is 0 Å². The molecule has 3 nitrogen and oxygen atoms in total. The first kappa shape index (κ1) is 32.2. The molecular formula is C56H34N2O. The number of aromatic nitrogens is 2. The summed E-state index contributed by atoms with van der Waals surface area (Å²) in [6.07, 6.45) is 0. The first-order chi connectivity index (χ1) is 29.2. The lowest BCUT2D eigenvalue weighted by Gasteiger charge is -2.12. The Hall–Kier alpha value is -7.88. The second kappa shape index (κ2) is 12.3. The molecule has 0 saturated heterocycles. The van der Waals surface area contributed by atoms with Crippen LogP contribution in [0.25, 0.3) is 121 Å². The highest BCUT2D eigenvalue weighted by atomic mass is 16.3. The van der Waals surface area contributed by atoms with Crippen LogP contribution in [-0.2, 0) is 0 Å². The average Bonchev–Trinajstić information content (AvgIpc) is 3.95. The van der Waals surface area contributed by atoms with Gasteiger partial charge in [0.25, 0.3) is 0 Å². The number of hydrogen-bond donors (Lipinski definition) is 0.